The van der Waals surface area contributed by atoms with Crippen molar-refractivity contribution in [3.05, 3.63) is 60.3 Å². The first-order valence-corrected chi connectivity index (χ1v) is 13.0. The summed E-state index contributed by atoms with van der Waals surface area (Å²) in [6, 6.07) is 0. The zero-order valence-corrected chi connectivity index (χ0v) is 20.3. The standard InChI is InChI=1S/C28H48BN/c1-4-7-10-13-16-19-23-28-24-22-26-29(25-20-17-14-11-8-5-2)30(28)27-21-18-15-12-9-6-3/h19-27H,4-18H2,1-3H3/b23-19+,25-20+,27-21+. The highest BCUT2D eigenvalue weighted by Crippen LogP contribution is 2.19. The van der Waals surface area contributed by atoms with E-state index in [9.17, 15) is 0 Å². The molecule has 0 aromatic rings. The van der Waals surface area contributed by atoms with Gasteiger partial charge in [0, 0.05) is 5.70 Å². The van der Waals surface area contributed by atoms with Gasteiger partial charge >= 0.3 is 6.85 Å². The van der Waals surface area contributed by atoms with E-state index in [1.165, 1.54) is 102 Å². The molecule has 0 fully saturated rings. The third-order valence-electron chi connectivity index (χ3n) is 5.76. The van der Waals surface area contributed by atoms with Crippen LogP contribution in [0.25, 0.3) is 0 Å². The summed E-state index contributed by atoms with van der Waals surface area (Å²) in [5.74, 6) is 4.72. The van der Waals surface area contributed by atoms with Gasteiger partial charge in [-0.25, -0.2) is 0 Å². The van der Waals surface area contributed by atoms with E-state index in [-0.39, 0.29) is 0 Å². The number of rotatable bonds is 18. The number of nitrogens with zero attached hydrogens (tertiary/aromatic N) is 1. The van der Waals surface area contributed by atoms with Crippen LogP contribution in [0.2, 0.25) is 0 Å². The molecule has 0 radical (unpaired) electrons. The van der Waals surface area contributed by atoms with Crippen molar-refractivity contribution in [1.29, 1.82) is 0 Å². The fourth-order valence-corrected chi connectivity index (χ4v) is 3.80. The molecule has 0 spiro atoms. The second-order valence-corrected chi connectivity index (χ2v) is 8.64. The van der Waals surface area contributed by atoms with Crippen molar-refractivity contribution >= 4 is 6.85 Å². The average Bonchev–Trinajstić information content (AvgIpc) is 2.76. The summed E-state index contributed by atoms with van der Waals surface area (Å²) in [6.45, 7) is 7.17. The molecule has 2 heteroatoms. The Kier molecular flexibility index (Phi) is 17.3. The minimum absolute atomic E-state index is 0.341. The Hall–Kier alpha value is -1.44. The molecule has 0 aliphatic carbocycles. The van der Waals surface area contributed by atoms with Crippen LogP contribution in [0.4, 0.5) is 0 Å². The van der Waals surface area contributed by atoms with Crippen molar-refractivity contribution in [1.82, 2.24) is 4.81 Å². The second-order valence-electron chi connectivity index (χ2n) is 8.64. The van der Waals surface area contributed by atoms with Crippen LogP contribution in [0.1, 0.15) is 117 Å². The Labute approximate surface area is 189 Å². The summed E-state index contributed by atoms with van der Waals surface area (Å²) in [5, 5.41) is 0. The van der Waals surface area contributed by atoms with Crippen LogP contribution < -0.4 is 0 Å². The SMILES string of the molecule is CCCCCC/C=C/B1C=CC=C(/C=C/CCCCCC)N1/C=C/CCCCCC. The van der Waals surface area contributed by atoms with Gasteiger partial charge < -0.3 is 4.81 Å². The van der Waals surface area contributed by atoms with Gasteiger partial charge in [0.25, 0.3) is 0 Å². The summed E-state index contributed by atoms with van der Waals surface area (Å²) < 4.78 is 0. The molecule has 1 rings (SSSR count). The molecule has 1 nitrogen and oxygen atoms in total. The van der Waals surface area contributed by atoms with Gasteiger partial charge in [0.05, 0.1) is 0 Å². The molecule has 0 bridgehead atoms. The Morgan fingerprint density at radius 2 is 1.27 bits per heavy atom. The third-order valence-corrected chi connectivity index (χ3v) is 5.76. The average molecular weight is 410 g/mol. The van der Waals surface area contributed by atoms with Gasteiger partial charge in [-0.15, -0.1) is 0 Å². The van der Waals surface area contributed by atoms with Gasteiger partial charge in [0.1, 0.15) is 0 Å². The van der Waals surface area contributed by atoms with Gasteiger partial charge in [-0.3, -0.25) is 0 Å². The van der Waals surface area contributed by atoms with E-state index in [2.05, 4.69) is 80.2 Å². The first-order valence-electron chi connectivity index (χ1n) is 13.0. The Bertz CT molecular complexity index is 541. The lowest BCUT2D eigenvalue weighted by Crippen LogP contribution is -2.33. The monoisotopic (exact) mass is 409 g/mol. The van der Waals surface area contributed by atoms with Crippen LogP contribution in [-0.2, 0) is 0 Å². The van der Waals surface area contributed by atoms with Gasteiger partial charge in [-0.2, -0.15) is 0 Å². The minimum atomic E-state index is 0.341. The molecule has 0 saturated heterocycles. The molecular weight excluding hydrogens is 361 g/mol. The lowest BCUT2D eigenvalue weighted by molar-refractivity contribution is 0.666. The summed E-state index contributed by atoms with van der Waals surface area (Å²) in [4.78, 5) is 2.45. The maximum atomic E-state index is 2.45. The van der Waals surface area contributed by atoms with Crippen molar-refractivity contribution in [2.24, 2.45) is 0 Å². The molecular formula is C28H48BN. The lowest BCUT2D eigenvalue weighted by Gasteiger charge is -2.28. The van der Waals surface area contributed by atoms with Crippen LogP contribution in [0.15, 0.2) is 60.3 Å². The quantitative estimate of drug-likeness (QED) is 0.161. The largest absolute Gasteiger partial charge is 0.384 e. The first-order chi connectivity index (χ1) is 14.8. The number of unbranched alkanes of at least 4 members (excludes halogenated alkanes) is 12. The van der Waals surface area contributed by atoms with Gasteiger partial charge in [-0.1, -0.05) is 115 Å². The molecule has 0 saturated carbocycles. The van der Waals surface area contributed by atoms with Crippen molar-refractivity contribution < 1.29 is 0 Å². The fourth-order valence-electron chi connectivity index (χ4n) is 3.80. The van der Waals surface area contributed by atoms with E-state index in [0.717, 1.165) is 0 Å². The molecule has 0 aromatic carbocycles. The van der Waals surface area contributed by atoms with Crippen LogP contribution in [0.3, 0.4) is 0 Å². The lowest BCUT2D eigenvalue weighted by atomic mass is 9.58. The van der Waals surface area contributed by atoms with Gasteiger partial charge in [-0.05, 0) is 56.9 Å². The number of allylic oxidation sites excluding steroid dienone is 6. The number of hydrogen-bond acceptors (Lipinski definition) is 1. The van der Waals surface area contributed by atoms with Crippen molar-refractivity contribution in [2.45, 2.75) is 117 Å². The van der Waals surface area contributed by atoms with Gasteiger partial charge in [0.2, 0.25) is 0 Å². The van der Waals surface area contributed by atoms with Crippen LogP contribution in [0, 0.1) is 0 Å². The Morgan fingerprint density at radius 1 is 0.700 bits per heavy atom. The molecule has 1 aliphatic heterocycles. The highest BCUT2D eigenvalue weighted by Gasteiger charge is 2.19. The second kappa shape index (κ2) is 19.5. The Morgan fingerprint density at radius 3 is 1.87 bits per heavy atom. The summed E-state index contributed by atoms with van der Waals surface area (Å²) in [7, 11) is 0. The first kappa shape index (κ1) is 26.6. The Balaban J connectivity index is 2.64. The molecule has 0 amide bonds. The molecule has 0 aromatic heterocycles. The molecule has 0 N–H and O–H groups in total. The molecule has 1 heterocycles. The minimum Gasteiger partial charge on any atom is -0.384 e. The van der Waals surface area contributed by atoms with Crippen molar-refractivity contribution in [2.75, 3.05) is 0 Å². The van der Waals surface area contributed by atoms with Crippen LogP contribution in [-0.4, -0.2) is 11.7 Å². The van der Waals surface area contributed by atoms with E-state index in [1.54, 1.807) is 0 Å². The smallest absolute Gasteiger partial charge is 0.312 e. The third kappa shape index (κ3) is 13.0. The van der Waals surface area contributed by atoms with E-state index in [4.69, 9.17) is 0 Å². The zero-order valence-electron chi connectivity index (χ0n) is 20.3. The molecule has 30 heavy (non-hydrogen) atoms. The predicted molar refractivity (Wildman–Crippen MR) is 139 cm³/mol. The normalized spacial score (nSPS) is 14.7. The molecule has 168 valence electrons. The topological polar surface area (TPSA) is 3.24 Å². The van der Waals surface area contributed by atoms with Crippen LogP contribution >= 0.6 is 0 Å². The van der Waals surface area contributed by atoms with E-state index < -0.39 is 0 Å². The molecule has 0 atom stereocenters. The van der Waals surface area contributed by atoms with E-state index in [0.29, 0.717) is 6.85 Å². The van der Waals surface area contributed by atoms with Gasteiger partial charge in [0.15, 0.2) is 0 Å². The highest BCUT2D eigenvalue weighted by molar-refractivity contribution is 6.67. The molecule has 1 aliphatic rings. The summed E-state index contributed by atoms with van der Waals surface area (Å²) >= 11 is 0. The zero-order chi connectivity index (χ0) is 21.7. The summed E-state index contributed by atoms with van der Waals surface area (Å²) in [5.41, 5.74) is 1.32. The fraction of sp³-hybridized carbons (Fsp3) is 0.643. The van der Waals surface area contributed by atoms with Crippen molar-refractivity contribution in [3.63, 3.8) is 0 Å². The predicted octanol–water partition coefficient (Wildman–Crippen LogP) is 9.35. The maximum Gasteiger partial charge on any atom is 0.312 e. The van der Waals surface area contributed by atoms with E-state index in [1.807, 2.05) is 0 Å². The molecule has 0 unspecified atom stereocenters. The van der Waals surface area contributed by atoms with E-state index >= 15 is 0 Å². The highest BCUT2D eigenvalue weighted by atomic mass is 15.0. The summed E-state index contributed by atoms with van der Waals surface area (Å²) in [6.07, 6.45) is 35.8. The van der Waals surface area contributed by atoms with Crippen LogP contribution in [0.5, 0.6) is 0 Å². The maximum absolute atomic E-state index is 2.45. The van der Waals surface area contributed by atoms with Crippen molar-refractivity contribution in [3.8, 4) is 0 Å². The number of hydrogen-bond donors (Lipinski definition) is 0.